The van der Waals surface area contributed by atoms with Gasteiger partial charge in [0.25, 0.3) is 0 Å². The fourth-order valence-electron chi connectivity index (χ4n) is 1.79. The lowest BCUT2D eigenvalue weighted by Crippen LogP contribution is -2.33. The van der Waals surface area contributed by atoms with Gasteiger partial charge in [0, 0.05) is 25.9 Å². The molecule has 1 fully saturated rings. The predicted octanol–water partition coefficient (Wildman–Crippen LogP) is 1.09. The number of methoxy groups -OCH3 is 1. The molecular formula is C11H16N2O. The van der Waals surface area contributed by atoms with Gasteiger partial charge < -0.3 is 15.4 Å². The third kappa shape index (κ3) is 2.05. The van der Waals surface area contributed by atoms with Gasteiger partial charge in [-0.1, -0.05) is 18.2 Å². The maximum Gasteiger partial charge on any atom is 0.0908 e. The third-order valence-corrected chi connectivity index (χ3v) is 2.59. The van der Waals surface area contributed by atoms with Crippen molar-refractivity contribution in [1.29, 1.82) is 0 Å². The van der Waals surface area contributed by atoms with Gasteiger partial charge in [0.2, 0.25) is 0 Å². The van der Waals surface area contributed by atoms with Crippen LogP contribution in [0.5, 0.6) is 0 Å². The second-order valence-corrected chi connectivity index (χ2v) is 3.55. The van der Waals surface area contributed by atoms with E-state index >= 15 is 0 Å². The average molecular weight is 192 g/mol. The largest absolute Gasteiger partial charge is 0.378 e. The Balaban J connectivity index is 1.97. The van der Waals surface area contributed by atoms with Gasteiger partial charge in [-0.15, -0.1) is 0 Å². The summed E-state index contributed by atoms with van der Waals surface area (Å²) in [5.41, 5.74) is 1.16. The Labute approximate surface area is 84.5 Å². The van der Waals surface area contributed by atoms with E-state index in [0.29, 0.717) is 6.04 Å². The highest BCUT2D eigenvalue weighted by Gasteiger charge is 2.26. The molecule has 0 amide bonds. The highest BCUT2D eigenvalue weighted by Crippen LogP contribution is 2.12. The zero-order chi connectivity index (χ0) is 9.80. The van der Waals surface area contributed by atoms with Crippen LogP contribution in [-0.4, -0.2) is 32.3 Å². The second kappa shape index (κ2) is 4.44. The summed E-state index contributed by atoms with van der Waals surface area (Å²) >= 11 is 0. The molecule has 0 aliphatic carbocycles. The smallest absolute Gasteiger partial charge is 0.0908 e. The molecule has 0 radical (unpaired) electrons. The van der Waals surface area contributed by atoms with Gasteiger partial charge in [0.1, 0.15) is 0 Å². The lowest BCUT2D eigenvalue weighted by molar-refractivity contribution is 0.112. The molecule has 1 aliphatic rings. The number of hydrogen-bond acceptors (Lipinski definition) is 3. The van der Waals surface area contributed by atoms with E-state index in [0.717, 1.165) is 18.8 Å². The number of nitrogens with one attached hydrogen (secondary N) is 2. The fraction of sp³-hybridized carbons (Fsp3) is 0.455. The fourth-order valence-corrected chi connectivity index (χ4v) is 1.79. The van der Waals surface area contributed by atoms with Crippen LogP contribution in [0.15, 0.2) is 30.3 Å². The van der Waals surface area contributed by atoms with Gasteiger partial charge in [-0.3, -0.25) is 0 Å². The lowest BCUT2D eigenvalue weighted by atomic mass is 10.2. The molecule has 2 N–H and O–H groups in total. The molecule has 0 spiro atoms. The average Bonchev–Trinajstić information content (AvgIpc) is 2.67. The minimum atomic E-state index is 0.273. The third-order valence-electron chi connectivity index (χ3n) is 2.59. The Bertz CT molecular complexity index is 276. The van der Waals surface area contributed by atoms with Gasteiger partial charge in [-0.2, -0.15) is 0 Å². The molecule has 2 atom stereocenters. The molecule has 14 heavy (non-hydrogen) atoms. The van der Waals surface area contributed by atoms with Crippen molar-refractivity contribution in [3.63, 3.8) is 0 Å². The zero-order valence-corrected chi connectivity index (χ0v) is 8.36. The van der Waals surface area contributed by atoms with Crippen LogP contribution in [0.2, 0.25) is 0 Å². The Morgan fingerprint density at radius 2 is 2.07 bits per heavy atom. The predicted molar refractivity (Wildman–Crippen MR) is 57.5 cm³/mol. The minimum absolute atomic E-state index is 0.273. The molecule has 3 nitrogen and oxygen atoms in total. The van der Waals surface area contributed by atoms with Crippen molar-refractivity contribution >= 4 is 5.69 Å². The Kier molecular flexibility index (Phi) is 3.01. The summed E-state index contributed by atoms with van der Waals surface area (Å²) in [7, 11) is 1.76. The molecule has 1 aliphatic heterocycles. The number of ether oxygens (including phenoxy) is 1. The van der Waals surface area contributed by atoms with E-state index in [9.17, 15) is 0 Å². The van der Waals surface area contributed by atoms with Gasteiger partial charge in [0.05, 0.1) is 12.1 Å². The molecular weight excluding hydrogens is 176 g/mol. The molecule has 2 rings (SSSR count). The van der Waals surface area contributed by atoms with Crippen LogP contribution < -0.4 is 10.6 Å². The van der Waals surface area contributed by atoms with E-state index in [1.165, 1.54) is 0 Å². The summed E-state index contributed by atoms with van der Waals surface area (Å²) in [6, 6.07) is 10.6. The van der Waals surface area contributed by atoms with Gasteiger partial charge in [-0.05, 0) is 12.1 Å². The maximum absolute atomic E-state index is 5.37. The van der Waals surface area contributed by atoms with Crippen molar-refractivity contribution in [2.45, 2.75) is 12.1 Å². The van der Waals surface area contributed by atoms with Gasteiger partial charge in [-0.25, -0.2) is 0 Å². The normalized spacial score (nSPS) is 26.4. The maximum atomic E-state index is 5.37. The van der Waals surface area contributed by atoms with Crippen molar-refractivity contribution in [3.05, 3.63) is 30.3 Å². The van der Waals surface area contributed by atoms with E-state index in [-0.39, 0.29) is 6.10 Å². The number of anilines is 1. The van der Waals surface area contributed by atoms with Gasteiger partial charge in [0.15, 0.2) is 0 Å². The molecule has 1 heterocycles. The molecule has 0 aromatic heterocycles. The van der Waals surface area contributed by atoms with Crippen LogP contribution in [0.1, 0.15) is 0 Å². The first kappa shape index (κ1) is 9.49. The summed E-state index contributed by atoms with van der Waals surface area (Å²) in [6.07, 6.45) is 0.273. The first-order chi connectivity index (χ1) is 6.90. The molecule has 1 aromatic carbocycles. The lowest BCUT2D eigenvalue weighted by Gasteiger charge is -2.19. The number of hydrogen-bond donors (Lipinski definition) is 2. The first-order valence-electron chi connectivity index (χ1n) is 4.95. The van der Waals surface area contributed by atoms with Crippen molar-refractivity contribution in [2.75, 3.05) is 25.5 Å². The second-order valence-electron chi connectivity index (χ2n) is 3.55. The van der Waals surface area contributed by atoms with Crippen molar-refractivity contribution in [1.82, 2.24) is 5.32 Å². The van der Waals surface area contributed by atoms with E-state index in [1.54, 1.807) is 7.11 Å². The quantitative estimate of drug-likeness (QED) is 0.752. The Morgan fingerprint density at radius 1 is 1.29 bits per heavy atom. The van der Waals surface area contributed by atoms with Crippen molar-refractivity contribution in [3.8, 4) is 0 Å². The molecule has 76 valence electrons. The number of benzene rings is 1. The van der Waals surface area contributed by atoms with Crippen LogP contribution in [0, 0.1) is 0 Å². The first-order valence-corrected chi connectivity index (χ1v) is 4.95. The SMILES string of the molecule is COC1CNCC1Nc1ccccc1. The molecule has 0 saturated carbocycles. The van der Waals surface area contributed by atoms with E-state index in [2.05, 4.69) is 22.8 Å². The number of para-hydroxylation sites is 1. The Morgan fingerprint density at radius 3 is 2.79 bits per heavy atom. The molecule has 1 saturated heterocycles. The highest BCUT2D eigenvalue weighted by atomic mass is 16.5. The van der Waals surface area contributed by atoms with Crippen LogP contribution in [-0.2, 0) is 4.74 Å². The van der Waals surface area contributed by atoms with Crippen molar-refractivity contribution < 1.29 is 4.74 Å². The van der Waals surface area contributed by atoms with E-state index < -0.39 is 0 Å². The number of rotatable bonds is 3. The standard InChI is InChI=1S/C11H16N2O/c1-14-11-8-12-7-10(11)13-9-5-3-2-4-6-9/h2-6,10-13H,7-8H2,1H3. The summed E-state index contributed by atoms with van der Waals surface area (Å²) < 4.78 is 5.37. The summed E-state index contributed by atoms with van der Waals surface area (Å²) in [6.45, 7) is 1.90. The van der Waals surface area contributed by atoms with Crippen LogP contribution in [0.3, 0.4) is 0 Å². The van der Waals surface area contributed by atoms with E-state index in [4.69, 9.17) is 4.74 Å². The van der Waals surface area contributed by atoms with E-state index in [1.807, 2.05) is 18.2 Å². The van der Waals surface area contributed by atoms with Crippen LogP contribution in [0.25, 0.3) is 0 Å². The summed E-state index contributed by atoms with van der Waals surface area (Å²) in [4.78, 5) is 0. The minimum Gasteiger partial charge on any atom is -0.378 e. The molecule has 1 aromatic rings. The molecule has 3 heteroatoms. The topological polar surface area (TPSA) is 33.3 Å². The van der Waals surface area contributed by atoms with Gasteiger partial charge >= 0.3 is 0 Å². The van der Waals surface area contributed by atoms with Crippen LogP contribution in [0.4, 0.5) is 5.69 Å². The summed E-state index contributed by atoms with van der Waals surface area (Å²) in [5, 5.41) is 6.76. The Hall–Kier alpha value is -1.06. The monoisotopic (exact) mass is 192 g/mol. The van der Waals surface area contributed by atoms with Crippen molar-refractivity contribution in [2.24, 2.45) is 0 Å². The van der Waals surface area contributed by atoms with Crippen LogP contribution >= 0.6 is 0 Å². The molecule has 2 unspecified atom stereocenters. The highest BCUT2D eigenvalue weighted by molar-refractivity contribution is 5.44. The zero-order valence-electron chi connectivity index (χ0n) is 8.36. The molecule has 0 bridgehead atoms. The summed E-state index contributed by atoms with van der Waals surface area (Å²) in [5.74, 6) is 0.